The molecule has 25 heavy (non-hydrogen) atoms. The number of halogens is 3. The quantitative estimate of drug-likeness (QED) is 0.849. The maximum Gasteiger partial charge on any atom is 0.257 e. The van der Waals surface area contributed by atoms with E-state index in [9.17, 15) is 22.8 Å². The topological polar surface area (TPSA) is 49.4 Å². The van der Waals surface area contributed by atoms with Gasteiger partial charge in [-0.3, -0.25) is 9.59 Å². The Bertz CT molecular complexity index is 837. The van der Waals surface area contributed by atoms with E-state index in [1.165, 1.54) is 4.90 Å². The normalized spacial score (nSPS) is 17.4. The number of nitrogens with zero attached hydrogens (tertiary/aromatic N) is 1. The Morgan fingerprint density at radius 2 is 1.76 bits per heavy atom. The average Bonchev–Trinajstić information content (AvgIpc) is 2.60. The van der Waals surface area contributed by atoms with Gasteiger partial charge < -0.3 is 10.2 Å². The van der Waals surface area contributed by atoms with Gasteiger partial charge in [-0.15, -0.1) is 0 Å². The van der Waals surface area contributed by atoms with E-state index in [2.05, 4.69) is 5.32 Å². The predicted molar refractivity (Wildman–Crippen MR) is 84.3 cm³/mol. The summed E-state index contributed by atoms with van der Waals surface area (Å²) in [5.41, 5.74) is 0.925. The summed E-state index contributed by atoms with van der Waals surface area (Å²) >= 11 is 0. The third-order valence-corrected chi connectivity index (χ3v) is 4.13. The highest BCUT2D eigenvalue weighted by Gasteiger charge is 2.36. The molecule has 2 aromatic rings. The molecule has 0 spiro atoms. The lowest BCUT2D eigenvalue weighted by molar-refractivity contribution is -0.128. The summed E-state index contributed by atoms with van der Waals surface area (Å²) in [7, 11) is 0. The minimum Gasteiger partial charge on any atom is -0.352 e. The maximum absolute atomic E-state index is 14.0. The molecule has 4 nitrogen and oxygen atoms in total. The summed E-state index contributed by atoms with van der Waals surface area (Å²) in [5, 5.41) is 2.66. The molecular formula is C18H15F3N2O2. The van der Waals surface area contributed by atoms with Crippen LogP contribution in [0.25, 0.3) is 0 Å². The Hall–Kier alpha value is -2.83. The van der Waals surface area contributed by atoms with Crippen molar-refractivity contribution < 1.29 is 22.8 Å². The van der Waals surface area contributed by atoms with Crippen LogP contribution in [0.1, 0.15) is 27.5 Å². The van der Waals surface area contributed by atoms with Crippen molar-refractivity contribution in [3.8, 4) is 0 Å². The zero-order chi connectivity index (χ0) is 18.1. The van der Waals surface area contributed by atoms with Gasteiger partial charge >= 0.3 is 0 Å². The van der Waals surface area contributed by atoms with Crippen LogP contribution < -0.4 is 5.32 Å². The number of amides is 2. The van der Waals surface area contributed by atoms with Crippen molar-refractivity contribution >= 4 is 11.8 Å². The first-order valence-electron chi connectivity index (χ1n) is 7.69. The van der Waals surface area contributed by atoms with Crippen molar-refractivity contribution in [3.05, 3.63) is 70.5 Å². The number of hydrogen-bond acceptors (Lipinski definition) is 2. The molecule has 0 bridgehead atoms. The van der Waals surface area contributed by atoms with Crippen molar-refractivity contribution in [1.29, 1.82) is 0 Å². The third kappa shape index (κ3) is 3.09. The van der Waals surface area contributed by atoms with Crippen molar-refractivity contribution in [3.63, 3.8) is 0 Å². The molecule has 0 aromatic heterocycles. The summed E-state index contributed by atoms with van der Waals surface area (Å²) in [5.74, 6) is -5.92. The Labute approximate surface area is 142 Å². The molecule has 1 N–H and O–H groups in total. The lowest BCUT2D eigenvalue weighted by atomic mass is 10.00. The Morgan fingerprint density at radius 1 is 1.08 bits per heavy atom. The third-order valence-electron chi connectivity index (χ3n) is 4.13. The number of hydrogen-bond donors (Lipinski definition) is 1. The molecule has 0 radical (unpaired) electrons. The fourth-order valence-corrected chi connectivity index (χ4v) is 2.81. The predicted octanol–water partition coefficient (Wildman–Crippen LogP) is 2.73. The van der Waals surface area contributed by atoms with Gasteiger partial charge in [0, 0.05) is 13.1 Å². The Balaban J connectivity index is 2.01. The molecule has 1 unspecified atom stereocenters. The number of rotatable bonds is 2. The van der Waals surface area contributed by atoms with Crippen LogP contribution in [0, 0.1) is 24.4 Å². The number of nitrogens with one attached hydrogen (secondary N) is 1. The van der Waals surface area contributed by atoms with E-state index < -0.39 is 40.9 Å². The maximum atomic E-state index is 14.0. The first kappa shape index (κ1) is 17.0. The second-order valence-electron chi connectivity index (χ2n) is 5.83. The molecule has 1 aliphatic heterocycles. The van der Waals surface area contributed by atoms with E-state index in [4.69, 9.17) is 0 Å². The standard InChI is InChI=1S/C18H15F3N2O2/c1-10-2-4-11(5-3-10)16-17(24)22-8-9-23(16)18(25)12-6-7-13(19)15(21)14(12)20/h2-7,16H,8-9H2,1H3,(H,22,24). The minimum absolute atomic E-state index is 0.127. The average molecular weight is 348 g/mol. The summed E-state index contributed by atoms with van der Waals surface area (Å²) < 4.78 is 40.5. The molecule has 2 amide bonds. The molecule has 1 fully saturated rings. The molecule has 1 aliphatic rings. The highest BCUT2D eigenvalue weighted by Crippen LogP contribution is 2.27. The first-order chi connectivity index (χ1) is 11.9. The van der Waals surface area contributed by atoms with Gasteiger partial charge in [0.2, 0.25) is 5.91 Å². The number of carbonyl (C=O) groups excluding carboxylic acids is 2. The van der Waals surface area contributed by atoms with E-state index in [0.717, 1.165) is 11.6 Å². The zero-order valence-corrected chi connectivity index (χ0v) is 13.4. The fourth-order valence-electron chi connectivity index (χ4n) is 2.81. The van der Waals surface area contributed by atoms with Gasteiger partial charge in [0.05, 0.1) is 5.56 Å². The van der Waals surface area contributed by atoms with Crippen LogP contribution in [0.3, 0.4) is 0 Å². The molecule has 3 rings (SSSR count). The lowest BCUT2D eigenvalue weighted by Gasteiger charge is -2.35. The molecule has 2 aromatic carbocycles. The van der Waals surface area contributed by atoms with E-state index in [0.29, 0.717) is 11.6 Å². The van der Waals surface area contributed by atoms with Crippen LogP contribution in [0.5, 0.6) is 0 Å². The molecule has 1 heterocycles. The zero-order valence-electron chi connectivity index (χ0n) is 13.4. The van der Waals surface area contributed by atoms with Gasteiger partial charge in [0.15, 0.2) is 17.5 Å². The monoisotopic (exact) mass is 348 g/mol. The molecule has 130 valence electrons. The van der Waals surface area contributed by atoms with Gasteiger partial charge in [-0.2, -0.15) is 0 Å². The van der Waals surface area contributed by atoms with Gasteiger partial charge in [0.25, 0.3) is 5.91 Å². The molecule has 1 saturated heterocycles. The second kappa shape index (κ2) is 6.58. The van der Waals surface area contributed by atoms with Crippen molar-refractivity contribution in [2.24, 2.45) is 0 Å². The minimum atomic E-state index is -1.71. The molecule has 1 atom stereocenters. The van der Waals surface area contributed by atoms with Gasteiger partial charge in [-0.05, 0) is 24.6 Å². The molecule has 0 saturated carbocycles. The highest BCUT2D eigenvalue weighted by molar-refractivity contribution is 5.98. The number of piperazine rings is 1. The van der Waals surface area contributed by atoms with Crippen molar-refractivity contribution in [1.82, 2.24) is 10.2 Å². The van der Waals surface area contributed by atoms with E-state index in [-0.39, 0.29) is 13.1 Å². The summed E-state index contributed by atoms with van der Waals surface area (Å²) in [6, 6.07) is 7.59. The summed E-state index contributed by atoms with van der Waals surface area (Å²) in [4.78, 5) is 26.2. The first-order valence-corrected chi connectivity index (χ1v) is 7.69. The van der Waals surface area contributed by atoms with E-state index in [1.807, 2.05) is 6.92 Å². The molecule has 7 heteroatoms. The van der Waals surface area contributed by atoms with Crippen LogP contribution in [0.4, 0.5) is 13.2 Å². The van der Waals surface area contributed by atoms with Gasteiger partial charge in [-0.25, -0.2) is 13.2 Å². The van der Waals surface area contributed by atoms with Crippen LogP contribution >= 0.6 is 0 Å². The number of benzene rings is 2. The van der Waals surface area contributed by atoms with Gasteiger partial charge in [-0.1, -0.05) is 29.8 Å². The smallest absolute Gasteiger partial charge is 0.257 e. The number of carbonyl (C=O) groups is 2. The van der Waals surface area contributed by atoms with E-state index >= 15 is 0 Å². The Kier molecular flexibility index (Phi) is 4.48. The van der Waals surface area contributed by atoms with E-state index in [1.54, 1.807) is 24.3 Å². The molecular weight excluding hydrogens is 333 g/mol. The largest absolute Gasteiger partial charge is 0.352 e. The highest BCUT2D eigenvalue weighted by atomic mass is 19.2. The summed E-state index contributed by atoms with van der Waals surface area (Å²) in [6.45, 7) is 2.20. The number of aryl methyl sites for hydroxylation is 1. The van der Waals surface area contributed by atoms with Crippen LogP contribution in [-0.2, 0) is 4.79 Å². The van der Waals surface area contributed by atoms with Crippen LogP contribution in [0.2, 0.25) is 0 Å². The summed E-state index contributed by atoms with van der Waals surface area (Å²) in [6.07, 6.45) is 0. The lowest BCUT2D eigenvalue weighted by Crippen LogP contribution is -2.52. The van der Waals surface area contributed by atoms with Gasteiger partial charge in [0.1, 0.15) is 6.04 Å². The fraction of sp³-hybridized carbons (Fsp3) is 0.222. The second-order valence-corrected chi connectivity index (χ2v) is 5.83. The van der Waals surface area contributed by atoms with Crippen LogP contribution in [-0.4, -0.2) is 29.8 Å². The molecule has 0 aliphatic carbocycles. The van der Waals surface area contributed by atoms with Crippen molar-refractivity contribution in [2.75, 3.05) is 13.1 Å². The van der Waals surface area contributed by atoms with Crippen LogP contribution in [0.15, 0.2) is 36.4 Å². The van der Waals surface area contributed by atoms with Crippen molar-refractivity contribution in [2.45, 2.75) is 13.0 Å². The SMILES string of the molecule is Cc1ccc(C2C(=O)NCCN2C(=O)c2ccc(F)c(F)c2F)cc1. The Morgan fingerprint density at radius 3 is 2.44 bits per heavy atom.